The molecule has 3 aliphatic heterocycles. The van der Waals surface area contributed by atoms with E-state index in [1.165, 1.54) is 161 Å². The van der Waals surface area contributed by atoms with Crippen LogP contribution < -0.4 is 67.4 Å². The summed E-state index contributed by atoms with van der Waals surface area (Å²) in [6.45, 7) is 6.61. The Balaban J connectivity index is 0.000000362. The summed E-state index contributed by atoms with van der Waals surface area (Å²) < 4.78 is 55.8. The highest BCUT2D eigenvalue weighted by atomic mass is 35.5. The molecular formula is C75H125Cl3F3N21O3. The van der Waals surface area contributed by atoms with E-state index in [0.29, 0.717) is 83.0 Å². The lowest BCUT2D eigenvalue weighted by Crippen LogP contribution is -2.42. The minimum absolute atomic E-state index is 0. The Labute approximate surface area is 640 Å². The molecule has 590 valence electrons. The fourth-order valence-electron chi connectivity index (χ4n) is 12.7. The molecule has 0 amide bonds. The zero-order valence-electron chi connectivity index (χ0n) is 60.3. The van der Waals surface area contributed by atoms with Gasteiger partial charge in [-0.25, -0.2) is 13.2 Å². The second-order valence-corrected chi connectivity index (χ2v) is 27.6. The van der Waals surface area contributed by atoms with Gasteiger partial charge in [-0.1, -0.05) is 107 Å². The van der Waals surface area contributed by atoms with E-state index in [9.17, 15) is 13.2 Å². The molecule has 3 saturated carbocycles. The standard InChI is InChI=1S/C24H36FN7O.C23H34FN7O.C7H8FNO.C7H16N2.C7H15N.C3Cl3N3.4CH4/c1-31-14-12-19(13-15-31)32(2)24-29-22(26-17-8-6-4-5-7-9-17)28-23(30-24)27-18-10-11-21(33-3)20(25)16-18;1-31(18-11-13-25-14-12-18)23-29-21(26-16-7-5-3-4-6-8-16)28-22(30-23)27-17-9-10-20(32-2)19(24)15-17;1-10-7-3-2-5(9)4-6(7)8;1-8-7-3-5-9(2)6-4-7;8-7-5-3-1-2-4-6-7;4-1-7-2(5)9-3(6)8-1;;;;/h10-11,16-17,19H,4-9,12-15H2,1-3H3,(H2,26,27,28,29,30);9-10,15-16,18,25H,3-8,11-14H2,1-2H3,(H2,26,27,28,29,30);2-4H,9H2,1H3;7-8H,3-6H2,1-2H3;7H,1-6,8H2;;4*1H4. The average molecular weight is 1530 g/mol. The summed E-state index contributed by atoms with van der Waals surface area (Å²) in [6, 6.07) is 16.5. The molecule has 3 aliphatic carbocycles. The van der Waals surface area contributed by atoms with Gasteiger partial charge >= 0.3 is 0 Å². The number of ether oxygens (including phenoxy) is 3. The SMILES string of the molecule is C.C.C.C.CNC1CCN(C)CC1.COc1ccc(N)cc1F.COc1ccc(Nc2nc(NC3CCCCCC3)nc(N(C)C3CCN(C)CC3)n2)cc1F.COc1ccc(Nc2nc(NC3CCCCCC3)nc(N(C)C3CCNCC3)n2)cc1F.Clc1nc(Cl)nc(Cl)n1.NC1CCCCCC1. The number of hydrogen-bond donors (Lipinski definition) is 8. The minimum atomic E-state index is -0.435. The predicted molar refractivity (Wildman–Crippen MR) is 430 cm³/mol. The maximum absolute atomic E-state index is 14.2. The summed E-state index contributed by atoms with van der Waals surface area (Å²) >= 11 is 16.0. The van der Waals surface area contributed by atoms with Gasteiger partial charge in [-0.3, -0.25) is 0 Å². The van der Waals surface area contributed by atoms with Crippen LogP contribution in [0.15, 0.2) is 54.6 Å². The Bertz CT molecular complexity index is 3310. The first-order valence-electron chi connectivity index (χ1n) is 35.8. The first kappa shape index (κ1) is 92.4. The summed E-state index contributed by atoms with van der Waals surface area (Å²) in [5.41, 5.74) is 12.5. The molecule has 105 heavy (non-hydrogen) atoms. The van der Waals surface area contributed by atoms with Gasteiger partial charge in [0.25, 0.3) is 0 Å². The van der Waals surface area contributed by atoms with Crippen molar-refractivity contribution in [2.45, 2.75) is 220 Å². The number of nitrogens with two attached hydrogens (primary N) is 2. The highest BCUT2D eigenvalue weighted by Crippen LogP contribution is 2.30. The zero-order chi connectivity index (χ0) is 72.5. The number of anilines is 9. The number of rotatable bonds is 16. The first-order chi connectivity index (χ1) is 48.8. The summed E-state index contributed by atoms with van der Waals surface area (Å²) in [5, 5.41) is 20.1. The maximum Gasteiger partial charge on any atom is 0.233 e. The van der Waals surface area contributed by atoms with Gasteiger partial charge in [-0.2, -0.15) is 44.9 Å². The van der Waals surface area contributed by atoms with E-state index in [-0.39, 0.29) is 62.8 Å². The maximum atomic E-state index is 14.2. The molecule has 0 bridgehead atoms. The van der Waals surface area contributed by atoms with Gasteiger partial charge in [0.1, 0.15) is 0 Å². The van der Waals surface area contributed by atoms with E-state index >= 15 is 0 Å². The van der Waals surface area contributed by atoms with Crippen LogP contribution in [0.4, 0.5) is 65.9 Å². The van der Waals surface area contributed by atoms with Crippen molar-refractivity contribution in [3.63, 3.8) is 0 Å². The van der Waals surface area contributed by atoms with Crippen LogP contribution in [0.1, 0.15) is 184 Å². The number of nitrogens with one attached hydrogen (secondary N) is 6. The molecule has 0 spiro atoms. The number of hydrogen-bond acceptors (Lipinski definition) is 24. The molecule has 30 heteroatoms. The Morgan fingerprint density at radius 2 is 0.790 bits per heavy atom. The van der Waals surface area contributed by atoms with Gasteiger partial charge in [0, 0.05) is 85.6 Å². The number of likely N-dealkylation sites (tertiary alicyclic amines) is 2. The summed E-state index contributed by atoms with van der Waals surface area (Å²) in [4.78, 5) is 47.6. The molecule has 3 saturated heterocycles. The van der Waals surface area contributed by atoms with Crippen molar-refractivity contribution in [3.05, 3.63) is 87.9 Å². The Kier molecular flexibility index (Phi) is 43.9. The Morgan fingerprint density at radius 1 is 0.448 bits per heavy atom. The molecule has 6 fully saturated rings. The highest BCUT2D eigenvalue weighted by molar-refractivity contribution is 6.33. The number of methoxy groups -OCH3 is 3. The van der Waals surface area contributed by atoms with Gasteiger partial charge in [0.2, 0.25) is 51.5 Å². The fraction of sp³-hybridized carbons (Fsp3) is 0.640. The predicted octanol–water partition coefficient (Wildman–Crippen LogP) is 16.3. The smallest absolute Gasteiger partial charge is 0.233 e. The topological polar surface area (TPSA) is 281 Å². The highest BCUT2D eigenvalue weighted by Gasteiger charge is 2.26. The van der Waals surface area contributed by atoms with Crippen LogP contribution in [0.5, 0.6) is 17.2 Å². The molecule has 3 aromatic carbocycles. The molecule has 0 unspecified atom stereocenters. The van der Waals surface area contributed by atoms with Crippen LogP contribution in [0.25, 0.3) is 0 Å². The van der Waals surface area contributed by atoms with Crippen LogP contribution >= 0.6 is 34.8 Å². The lowest BCUT2D eigenvalue weighted by atomic mass is 10.0. The average Bonchev–Trinajstić information content (AvgIpc) is 1.15. The third-order valence-electron chi connectivity index (χ3n) is 18.9. The molecule has 24 nitrogen and oxygen atoms in total. The van der Waals surface area contributed by atoms with Gasteiger partial charge in [-0.15, -0.1) is 0 Å². The van der Waals surface area contributed by atoms with Crippen molar-refractivity contribution >= 4 is 87.6 Å². The second kappa shape index (κ2) is 49.9. The Hall–Kier alpha value is -6.85. The number of nitrogens with zero attached hydrogens (tertiary/aromatic N) is 13. The molecule has 6 aliphatic rings. The molecule has 10 N–H and O–H groups in total. The van der Waals surface area contributed by atoms with Gasteiger partial charge in [0.05, 0.1) is 21.3 Å². The quantitative estimate of drug-likeness (QED) is 0.0330. The lowest BCUT2D eigenvalue weighted by Gasteiger charge is -2.35. The largest absolute Gasteiger partial charge is 0.494 e. The van der Waals surface area contributed by atoms with E-state index in [0.717, 1.165) is 83.6 Å². The van der Waals surface area contributed by atoms with Crippen molar-refractivity contribution in [1.29, 1.82) is 0 Å². The van der Waals surface area contributed by atoms with Gasteiger partial charge in [0.15, 0.2) is 34.7 Å². The molecule has 6 heterocycles. The number of benzene rings is 3. The van der Waals surface area contributed by atoms with Crippen LogP contribution in [0.2, 0.25) is 15.9 Å². The van der Waals surface area contributed by atoms with Crippen LogP contribution in [-0.4, -0.2) is 187 Å². The zero-order valence-corrected chi connectivity index (χ0v) is 62.6. The summed E-state index contributed by atoms with van der Waals surface area (Å²) in [6.07, 6.45) is 29.4. The normalized spacial score (nSPS) is 17.1. The van der Waals surface area contributed by atoms with E-state index in [1.807, 2.05) is 7.05 Å². The van der Waals surface area contributed by atoms with Gasteiger partial charge in [-0.05, 0) is 209 Å². The Morgan fingerprint density at radius 3 is 1.15 bits per heavy atom. The lowest BCUT2D eigenvalue weighted by molar-refractivity contribution is 0.240. The third-order valence-corrected chi connectivity index (χ3v) is 19.4. The first-order valence-corrected chi connectivity index (χ1v) is 37.0. The minimum Gasteiger partial charge on any atom is -0.494 e. The number of piperidine rings is 3. The molecular weight excluding hydrogens is 1410 g/mol. The van der Waals surface area contributed by atoms with Crippen molar-refractivity contribution in [2.75, 3.05) is 133 Å². The summed E-state index contributed by atoms with van der Waals surface area (Å²) in [5.74, 6) is 2.53. The fourth-order valence-corrected chi connectivity index (χ4v) is 13.4. The third kappa shape index (κ3) is 33.0. The number of aromatic nitrogens is 9. The van der Waals surface area contributed by atoms with E-state index in [4.69, 9.17) is 70.7 Å². The molecule has 0 atom stereocenters. The van der Waals surface area contributed by atoms with Crippen molar-refractivity contribution in [1.82, 2.24) is 65.3 Å². The van der Waals surface area contributed by atoms with E-state index in [2.05, 4.69) is 114 Å². The molecule has 6 aromatic rings. The second-order valence-electron chi connectivity index (χ2n) is 26.6. The van der Waals surface area contributed by atoms with E-state index in [1.54, 1.807) is 30.3 Å². The van der Waals surface area contributed by atoms with Crippen molar-refractivity contribution in [2.24, 2.45) is 5.73 Å². The monoisotopic (exact) mass is 1530 g/mol. The molecule has 0 radical (unpaired) electrons. The molecule has 3 aromatic heterocycles. The van der Waals surface area contributed by atoms with E-state index < -0.39 is 17.5 Å². The molecule has 12 rings (SSSR count). The summed E-state index contributed by atoms with van der Waals surface area (Å²) in [7, 11) is 14.8. The van der Waals surface area contributed by atoms with Crippen LogP contribution in [0.3, 0.4) is 0 Å². The number of halogens is 6. The van der Waals surface area contributed by atoms with Gasteiger partial charge < -0.3 is 77.2 Å². The van der Waals surface area contributed by atoms with Crippen LogP contribution in [0, 0.1) is 17.5 Å². The van der Waals surface area contributed by atoms with Crippen LogP contribution in [-0.2, 0) is 0 Å². The van der Waals surface area contributed by atoms with Crippen molar-refractivity contribution in [3.8, 4) is 17.2 Å². The van der Waals surface area contributed by atoms with Crippen molar-refractivity contribution < 1.29 is 27.4 Å². The number of nitrogen functional groups attached to an aromatic ring is 1.